The molecule has 36 heavy (non-hydrogen) atoms. The molecule has 5 aromatic rings. The van der Waals surface area contributed by atoms with Gasteiger partial charge in [0, 0.05) is 28.1 Å². The zero-order valence-corrected chi connectivity index (χ0v) is 20.3. The maximum absolute atomic E-state index is 15.0. The van der Waals surface area contributed by atoms with Gasteiger partial charge in [0.25, 0.3) is 0 Å². The fraction of sp³-hybridized carbons (Fsp3) is 0. The topological polar surface area (TPSA) is 87.6 Å². The van der Waals surface area contributed by atoms with E-state index in [0.29, 0.717) is 50.3 Å². The van der Waals surface area contributed by atoms with E-state index in [2.05, 4.69) is 0 Å². The van der Waals surface area contributed by atoms with Gasteiger partial charge in [0.15, 0.2) is 7.14 Å². The molecule has 0 heterocycles. The number of anilines is 2. The Balaban J connectivity index is 1.66. The van der Waals surface area contributed by atoms with Crippen LogP contribution < -0.4 is 36.9 Å². The normalized spacial score (nSPS) is 11.1. The summed E-state index contributed by atoms with van der Waals surface area (Å²) < 4.78 is 27.4. The van der Waals surface area contributed by atoms with Crippen LogP contribution in [0.1, 0.15) is 0 Å². The fourth-order valence-electron chi connectivity index (χ4n) is 3.94. The Labute approximate surface area is 210 Å². The molecule has 0 spiro atoms. The molecular weight excluding hydrogens is 467 g/mol. The number of hydrogen-bond donors (Lipinski definition) is 2. The smallest absolute Gasteiger partial charge is 0.174 e. The Morgan fingerprint density at radius 3 is 1.44 bits per heavy atom. The maximum Gasteiger partial charge on any atom is 0.174 e. The van der Waals surface area contributed by atoms with Crippen LogP contribution in [0.25, 0.3) is 0 Å². The van der Waals surface area contributed by atoms with Crippen LogP contribution in [-0.4, -0.2) is 0 Å². The monoisotopic (exact) mass is 492 g/mol. The largest absolute Gasteiger partial charge is 0.457 e. The summed E-state index contributed by atoms with van der Waals surface area (Å²) in [6, 6.07) is 38.6. The van der Waals surface area contributed by atoms with Crippen LogP contribution in [0.4, 0.5) is 11.4 Å². The second kappa shape index (κ2) is 10.0. The lowest BCUT2D eigenvalue weighted by atomic mass is 10.3. The third kappa shape index (κ3) is 4.83. The molecule has 178 valence electrons. The maximum atomic E-state index is 15.0. The first-order valence-electron chi connectivity index (χ1n) is 11.4. The van der Waals surface area contributed by atoms with Crippen molar-refractivity contribution in [2.45, 2.75) is 0 Å². The van der Waals surface area contributed by atoms with E-state index in [9.17, 15) is 0 Å². The number of benzene rings is 5. The van der Waals surface area contributed by atoms with E-state index < -0.39 is 7.14 Å². The number of hydrogen-bond acceptors (Lipinski definition) is 5. The van der Waals surface area contributed by atoms with Gasteiger partial charge < -0.3 is 25.5 Å². The summed E-state index contributed by atoms with van der Waals surface area (Å²) in [7, 11) is -3.29. The van der Waals surface area contributed by atoms with Gasteiger partial charge in [-0.05, 0) is 60.7 Å². The highest BCUT2D eigenvalue weighted by Gasteiger charge is 2.33. The molecule has 0 aromatic heterocycles. The molecule has 0 aliphatic heterocycles. The fourth-order valence-corrected chi connectivity index (χ4v) is 6.68. The van der Waals surface area contributed by atoms with Crippen molar-refractivity contribution in [1.29, 1.82) is 0 Å². The lowest BCUT2D eigenvalue weighted by molar-refractivity contribution is 0.462. The van der Waals surface area contributed by atoms with Crippen molar-refractivity contribution in [2.75, 3.05) is 11.5 Å². The van der Waals surface area contributed by atoms with Crippen molar-refractivity contribution in [3.05, 3.63) is 127 Å². The highest BCUT2D eigenvalue weighted by atomic mass is 31.2. The van der Waals surface area contributed by atoms with Gasteiger partial charge in [0.2, 0.25) is 0 Å². The SMILES string of the molecule is Nc1ccc(Oc2ccc(P(=O)(c3ccccc3)c3ccccc3)c(Oc3ccc(N)cc3)c2)cc1. The Kier molecular flexibility index (Phi) is 6.48. The molecule has 0 radical (unpaired) electrons. The first-order valence-corrected chi connectivity index (χ1v) is 13.2. The third-order valence-electron chi connectivity index (χ3n) is 5.73. The lowest BCUT2D eigenvalue weighted by Crippen LogP contribution is -2.26. The second-order valence-electron chi connectivity index (χ2n) is 8.25. The molecule has 5 rings (SSSR count). The molecule has 5 nitrogen and oxygen atoms in total. The van der Waals surface area contributed by atoms with Gasteiger partial charge in [-0.3, -0.25) is 0 Å². The molecular formula is C30H25N2O3P. The quantitative estimate of drug-likeness (QED) is 0.213. The van der Waals surface area contributed by atoms with Gasteiger partial charge in [-0.1, -0.05) is 60.7 Å². The van der Waals surface area contributed by atoms with Crippen LogP contribution >= 0.6 is 7.14 Å². The molecule has 0 saturated heterocycles. The van der Waals surface area contributed by atoms with E-state index in [-0.39, 0.29) is 0 Å². The Morgan fingerprint density at radius 1 is 0.500 bits per heavy atom. The van der Waals surface area contributed by atoms with Crippen LogP contribution in [0.15, 0.2) is 127 Å². The van der Waals surface area contributed by atoms with E-state index >= 15 is 4.57 Å². The molecule has 0 aliphatic rings. The highest BCUT2D eigenvalue weighted by molar-refractivity contribution is 7.85. The van der Waals surface area contributed by atoms with Crippen LogP contribution in [0.5, 0.6) is 23.0 Å². The molecule has 0 atom stereocenters. The van der Waals surface area contributed by atoms with Crippen LogP contribution in [0.3, 0.4) is 0 Å². The predicted octanol–water partition coefficient (Wildman–Crippen LogP) is 6.08. The van der Waals surface area contributed by atoms with Crippen molar-refractivity contribution in [2.24, 2.45) is 0 Å². The van der Waals surface area contributed by atoms with Crippen molar-refractivity contribution in [3.63, 3.8) is 0 Å². The van der Waals surface area contributed by atoms with Gasteiger partial charge >= 0.3 is 0 Å². The van der Waals surface area contributed by atoms with E-state index in [4.69, 9.17) is 20.9 Å². The summed E-state index contributed by atoms with van der Waals surface area (Å²) in [5, 5.41) is 2.00. The van der Waals surface area contributed by atoms with Crippen molar-refractivity contribution in [1.82, 2.24) is 0 Å². The van der Waals surface area contributed by atoms with Gasteiger partial charge in [0.1, 0.15) is 23.0 Å². The molecule has 0 aliphatic carbocycles. The Hall–Kier alpha value is -4.47. The molecule has 6 heteroatoms. The predicted molar refractivity (Wildman–Crippen MR) is 148 cm³/mol. The van der Waals surface area contributed by atoms with Gasteiger partial charge in [-0.2, -0.15) is 0 Å². The summed E-state index contributed by atoms with van der Waals surface area (Å²) in [5.74, 6) is 2.18. The molecule has 4 N–H and O–H groups in total. The van der Waals surface area contributed by atoms with Gasteiger partial charge in [-0.15, -0.1) is 0 Å². The van der Waals surface area contributed by atoms with Crippen LogP contribution in [0, 0.1) is 0 Å². The number of nitrogen functional groups attached to an aromatic ring is 2. The first-order chi connectivity index (χ1) is 17.5. The summed E-state index contributed by atoms with van der Waals surface area (Å²) in [6.45, 7) is 0. The van der Waals surface area contributed by atoms with E-state index in [1.54, 1.807) is 60.7 Å². The number of ether oxygens (including phenoxy) is 2. The molecule has 0 unspecified atom stereocenters. The minimum Gasteiger partial charge on any atom is -0.457 e. The number of rotatable bonds is 7. The Bertz CT molecular complexity index is 1460. The zero-order chi connectivity index (χ0) is 25.0. The lowest BCUT2D eigenvalue weighted by Gasteiger charge is -2.23. The van der Waals surface area contributed by atoms with Gasteiger partial charge in [0.05, 0.1) is 5.30 Å². The van der Waals surface area contributed by atoms with Crippen LogP contribution in [0.2, 0.25) is 0 Å². The molecule has 0 fully saturated rings. The number of nitrogens with two attached hydrogens (primary N) is 2. The molecule has 0 bridgehead atoms. The van der Waals surface area contributed by atoms with E-state index in [1.165, 1.54) is 0 Å². The highest BCUT2D eigenvalue weighted by Crippen LogP contribution is 2.46. The van der Waals surface area contributed by atoms with E-state index in [0.717, 1.165) is 0 Å². The summed E-state index contributed by atoms with van der Waals surface area (Å²) >= 11 is 0. The summed E-state index contributed by atoms with van der Waals surface area (Å²) in [6.07, 6.45) is 0. The average molecular weight is 493 g/mol. The average Bonchev–Trinajstić information content (AvgIpc) is 2.92. The molecule has 5 aromatic carbocycles. The standard InChI is InChI=1S/C30H25N2O3P/c31-22-11-15-24(16-12-22)34-26-19-20-30(29(21-26)35-25-17-13-23(32)14-18-25)36(33,27-7-3-1-4-8-27)28-9-5-2-6-10-28/h1-21H,31-32H2. The zero-order valence-electron chi connectivity index (χ0n) is 19.5. The van der Waals surface area contributed by atoms with E-state index in [1.807, 2.05) is 66.7 Å². The van der Waals surface area contributed by atoms with Crippen LogP contribution in [-0.2, 0) is 4.57 Å². The third-order valence-corrected chi connectivity index (χ3v) is 8.83. The van der Waals surface area contributed by atoms with Crippen molar-refractivity contribution < 1.29 is 14.0 Å². The summed E-state index contributed by atoms with van der Waals surface area (Å²) in [4.78, 5) is 0. The minimum absolute atomic E-state index is 0.434. The minimum atomic E-state index is -3.29. The van der Waals surface area contributed by atoms with Crippen molar-refractivity contribution in [3.8, 4) is 23.0 Å². The first kappa shape index (κ1) is 23.3. The second-order valence-corrected chi connectivity index (χ2v) is 11.0. The summed E-state index contributed by atoms with van der Waals surface area (Å²) in [5.41, 5.74) is 12.9. The molecule has 0 saturated carbocycles. The van der Waals surface area contributed by atoms with Gasteiger partial charge in [-0.25, -0.2) is 0 Å². The molecule has 0 amide bonds. The van der Waals surface area contributed by atoms with Crippen molar-refractivity contribution >= 4 is 34.4 Å². The Morgan fingerprint density at radius 2 is 0.944 bits per heavy atom.